The minimum Gasteiger partial charge on any atom is -0.304 e. The molecule has 0 aliphatic heterocycles. The van der Waals surface area contributed by atoms with E-state index in [2.05, 4.69) is 39.9 Å². The third-order valence-electron chi connectivity index (χ3n) is 3.63. The van der Waals surface area contributed by atoms with Crippen LogP contribution in [0.15, 0.2) is 28.9 Å². The van der Waals surface area contributed by atoms with Crippen molar-refractivity contribution in [1.29, 1.82) is 0 Å². The summed E-state index contributed by atoms with van der Waals surface area (Å²) in [5.74, 6) is 0. The summed E-state index contributed by atoms with van der Waals surface area (Å²) < 4.78 is 4.71. The van der Waals surface area contributed by atoms with E-state index in [1.807, 2.05) is 6.92 Å². The van der Waals surface area contributed by atoms with E-state index >= 15 is 0 Å². The van der Waals surface area contributed by atoms with Crippen molar-refractivity contribution < 1.29 is 4.63 Å². The van der Waals surface area contributed by atoms with Crippen LogP contribution in [0.2, 0.25) is 0 Å². The molecule has 1 aliphatic rings. The molecule has 3 rings (SSSR count). The molecule has 1 N–H and O–H groups in total. The van der Waals surface area contributed by atoms with E-state index in [4.69, 9.17) is 4.63 Å². The van der Waals surface area contributed by atoms with Crippen molar-refractivity contribution in [3.05, 3.63) is 46.8 Å². The van der Waals surface area contributed by atoms with Crippen LogP contribution in [0.1, 0.15) is 41.4 Å². The molecule has 1 atom stereocenters. The predicted molar refractivity (Wildman–Crippen MR) is 68.0 cm³/mol. The normalized spacial score (nSPS) is 18.6. The van der Waals surface area contributed by atoms with Crippen molar-refractivity contribution in [2.75, 3.05) is 0 Å². The maximum absolute atomic E-state index is 4.71. The van der Waals surface area contributed by atoms with Crippen LogP contribution < -0.4 is 5.32 Å². The van der Waals surface area contributed by atoms with E-state index in [-0.39, 0.29) is 0 Å². The molecule has 1 aromatic heterocycles. The first kappa shape index (κ1) is 11.4. The Labute approximate surface area is 106 Å². The maximum atomic E-state index is 4.71. The molecule has 2 aromatic rings. The fourth-order valence-electron chi connectivity index (χ4n) is 2.60. The van der Waals surface area contributed by atoms with Gasteiger partial charge in [-0.15, -0.1) is 0 Å². The topological polar surface area (TPSA) is 51.0 Å². The van der Waals surface area contributed by atoms with Gasteiger partial charge in [-0.2, -0.15) is 0 Å². The van der Waals surface area contributed by atoms with Crippen LogP contribution in [-0.4, -0.2) is 10.3 Å². The second kappa shape index (κ2) is 4.90. The summed E-state index contributed by atoms with van der Waals surface area (Å²) in [5.41, 5.74) is 4.67. The fraction of sp³-hybridized carbons (Fsp3) is 0.429. The molecule has 1 unspecified atom stereocenters. The quantitative estimate of drug-likeness (QED) is 0.900. The summed E-state index contributed by atoms with van der Waals surface area (Å²) in [6, 6.07) is 9.10. The minimum atomic E-state index is 0.422. The monoisotopic (exact) mass is 243 g/mol. The Balaban J connectivity index is 1.73. The van der Waals surface area contributed by atoms with E-state index in [9.17, 15) is 0 Å². The molecule has 1 heterocycles. The van der Waals surface area contributed by atoms with Gasteiger partial charge in [-0.05, 0) is 37.3 Å². The molecule has 1 aliphatic carbocycles. The van der Waals surface area contributed by atoms with E-state index < -0.39 is 0 Å². The zero-order valence-electron chi connectivity index (χ0n) is 10.5. The van der Waals surface area contributed by atoms with Crippen molar-refractivity contribution in [1.82, 2.24) is 15.6 Å². The van der Waals surface area contributed by atoms with Crippen LogP contribution in [0.3, 0.4) is 0 Å². The predicted octanol–water partition coefficient (Wildman–Crippen LogP) is 2.55. The van der Waals surface area contributed by atoms with Crippen molar-refractivity contribution in [3.63, 3.8) is 0 Å². The summed E-state index contributed by atoms with van der Waals surface area (Å²) in [6.45, 7) is 2.64. The number of benzene rings is 1. The Hall–Kier alpha value is -1.68. The first-order chi connectivity index (χ1) is 8.84. The number of hydrogen-bond acceptors (Lipinski definition) is 4. The highest BCUT2D eigenvalue weighted by atomic mass is 16.6. The maximum Gasteiger partial charge on any atom is 0.121 e. The Morgan fingerprint density at radius 3 is 3.06 bits per heavy atom. The average Bonchev–Trinajstić information content (AvgIpc) is 2.82. The number of nitrogens with one attached hydrogen (secondary N) is 1. The molecule has 4 heteroatoms. The number of nitrogens with zero attached hydrogens (tertiary/aromatic N) is 2. The molecule has 0 amide bonds. The van der Waals surface area contributed by atoms with Gasteiger partial charge in [0.1, 0.15) is 11.4 Å². The highest BCUT2D eigenvalue weighted by molar-refractivity contribution is 5.32. The molecule has 0 spiro atoms. The third kappa shape index (κ3) is 2.16. The zero-order valence-corrected chi connectivity index (χ0v) is 10.5. The second-order valence-corrected chi connectivity index (χ2v) is 4.82. The van der Waals surface area contributed by atoms with Gasteiger partial charge < -0.3 is 5.32 Å². The smallest absolute Gasteiger partial charge is 0.121 e. The van der Waals surface area contributed by atoms with Crippen LogP contribution in [0.4, 0.5) is 0 Å². The van der Waals surface area contributed by atoms with Crippen molar-refractivity contribution in [3.8, 4) is 0 Å². The van der Waals surface area contributed by atoms with Crippen molar-refractivity contribution >= 4 is 0 Å². The number of fused-ring (bicyclic) bond motifs is 1. The van der Waals surface area contributed by atoms with Crippen molar-refractivity contribution in [2.45, 2.75) is 38.8 Å². The van der Waals surface area contributed by atoms with E-state index in [0.29, 0.717) is 12.6 Å². The average molecular weight is 243 g/mol. The van der Waals surface area contributed by atoms with E-state index in [1.54, 1.807) is 0 Å². The summed E-state index contributed by atoms with van der Waals surface area (Å²) in [7, 11) is 0. The zero-order chi connectivity index (χ0) is 12.4. The van der Waals surface area contributed by atoms with Gasteiger partial charge in [0.05, 0.1) is 0 Å². The number of aryl methyl sites for hydroxylation is 2. The fourth-order valence-corrected chi connectivity index (χ4v) is 2.60. The first-order valence-electron chi connectivity index (χ1n) is 6.44. The van der Waals surface area contributed by atoms with Crippen LogP contribution in [0, 0.1) is 6.92 Å². The number of aromatic nitrogens is 2. The molecular weight excluding hydrogens is 226 g/mol. The van der Waals surface area contributed by atoms with Gasteiger partial charge in [-0.3, -0.25) is 0 Å². The molecule has 0 fully saturated rings. The summed E-state index contributed by atoms with van der Waals surface area (Å²) in [4.78, 5) is 0. The van der Waals surface area contributed by atoms with Crippen molar-refractivity contribution in [2.24, 2.45) is 0 Å². The van der Waals surface area contributed by atoms with Gasteiger partial charge in [0, 0.05) is 12.6 Å². The minimum absolute atomic E-state index is 0.422. The molecule has 18 heavy (non-hydrogen) atoms. The summed E-state index contributed by atoms with van der Waals surface area (Å²) >= 11 is 0. The number of rotatable bonds is 3. The first-order valence-corrected chi connectivity index (χ1v) is 6.44. The molecular formula is C14H17N3O. The van der Waals surface area contributed by atoms with Crippen LogP contribution in [0.5, 0.6) is 0 Å². The van der Waals surface area contributed by atoms with Gasteiger partial charge >= 0.3 is 0 Å². The molecule has 0 saturated heterocycles. The van der Waals surface area contributed by atoms with Gasteiger partial charge in [0.2, 0.25) is 0 Å². The molecule has 4 nitrogen and oxygen atoms in total. The third-order valence-corrected chi connectivity index (χ3v) is 3.63. The SMILES string of the molecule is Cc1nonc1CNC1CCCc2ccccc21. The lowest BCUT2D eigenvalue weighted by Gasteiger charge is -2.26. The number of hydrogen-bond donors (Lipinski definition) is 1. The molecule has 0 bridgehead atoms. The lowest BCUT2D eigenvalue weighted by atomic mass is 9.88. The van der Waals surface area contributed by atoms with Crippen LogP contribution in [0.25, 0.3) is 0 Å². The highest BCUT2D eigenvalue weighted by Crippen LogP contribution is 2.29. The van der Waals surface area contributed by atoms with Gasteiger partial charge in [0.25, 0.3) is 0 Å². The summed E-state index contributed by atoms with van der Waals surface area (Å²) in [5, 5.41) is 11.3. The largest absolute Gasteiger partial charge is 0.304 e. The Kier molecular flexibility index (Phi) is 3.11. The summed E-state index contributed by atoms with van der Waals surface area (Å²) in [6.07, 6.45) is 3.62. The standard InChI is InChI=1S/C14H17N3O/c1-10-14(17-18-16-10)9-15-13-8-4-6-11-5-2-3-7-12(11)13/h2-3,5,7,13,15H,4,6,8-9H2,1H3. The van der Waals surface area contributed by atoms with Gasteiger partial charge in [0.15, 0.2) is 0 Å². The van der Waals surface area contributed by atoms with E-state index in [0.717, 1.165) is 11.4 Å². The van der Waals surface area contributed by atoms with Gasteiger partial charge in [-0.1, -0.05) is 34.6 Å². The van der Waals surface area contributed by atoms with Crippen LogP contribution in [-0.2, 0) is 13.0 Å². The second-order valence-electron chi connectivity index (χ2n) is 4.82. The Bertz CT molecular complexity index is 535. The molecule has 0 radical (unpaired) electrons. The molecule has 94 valence electrons. The lowest BCUT2D eigenvalue weighted by Crippen LogP contribution is -2.25. The van der Waals surface area contributed by atoms with E-state index in [1.165, 1.54) is 30.4 Å². The highest BCUT2D eigenvalue weighted by Gasteiger charge is 2.19. The van der Waals surface area contributed by atoms with Crippen LogP contribution >= 0.6 is 0 Å². The Morgan fingerprint density at radius 1 is 1.33 bits per heavy atom. The molecule has 1 aromatic carbocycles. The Morgan fingerprint density at radius 2 is 2.22 bits per heavy atom. The molecule has 0 saturated carbocycles. The lowest BCUT2D eigenvalue weighted by molar-refractivity contribution is 0.299. The van der Waals surface area contributed by atoms with Gasteiger partial charge in [-0.25, -0.2) is 4.63 Å².